The van der Waals surface area contributed by atoms with Crippen LogP contribution in [0.4, 0.5) is 11.6 Å². The van der Waals surface area contributed by atoms with E-state index in [0.29, 0.717) is 35.5 Å². The van der Waals surface area contributed by atoms with Crippen molar-refractivity contribution in [3.63, 3.8) is 0 Å². The standard InChI is InChI=1S/C18H20N4O4S/c1-10-8-15-17(16(24)9-10)11(2)19-18(21-15)22-27(25,26)14-6-4-13(5-7-14)20-12(3)23/h4-7,10H,8-9H2,1-3H3,(H,20,23)(H,19,21,22)/t10-/m0/s1. The third kappa shape index (κ3) is 4.13. The van der Waals surface area contributed by atoms with Crippen LogP contribution in [0.1, 0.15) is 42.0 Å². The van der Waals surface area contributed by atoms with Gasteiger partial charge in [0.2, 0.25) is 11.9 Å². The van der Waals surface area contributed by atoms with Gasteiger partial charge in [0.25, 0.3) is 10.0 Å². The van der Waals surface area contributed by atoms with Gasteiger partial charge in [0, 0.05) is 19.0 Å². The number of fused-ring (bicyclic) bond motifs is 1. The Kier molecular flexibility index (Phi) is 4.97. The predicted octanol–water partition coefficient (Wildman–Crippen LogP) is 2.31. The molecule has 0 unspecified atom stereocenters. The van der Waals surface area contributed by atoms with Crippen LogP contribution in [0.5, 0.6) is 0 Å². The minimum absolute atomic E-state index is 0.00998. The number of Topliss-reactive ketones (excluding diaryl/α,β-unsaturated/α-hetero) is 1. The molecule has 9 heteroatoms. The molecule has 0 bridgehead atoms. The third-order valence-electron chi connectivity index (χ3n) is 4.23. The van der Waals surface area contributed by atoms with Crippen LogP contribution >= 0.6 is 0 Å². The molecule has 2 aromatic rings. The molecule has 1 aliphatic carbocycles. The summed E-state index contributed by atoms with van der Waals surface area (Å²) in [5, 5.41) is 2.57. The Bertz CT molecular complexity index is 1020. The molecular formula is C18H20N4O4S. The van der Waals surface area contributed by atoms with Crippen molar-refractivity contribution in [1.29, 1.82) is 0 Å². The molecule has 0 radical (unpaired) electrons. The summed E-state index contributed by atoms with van der Waals surface area (Å²) in [4.78, 5) is 31.7. The van der Waals surface area contributed by atoms with Crippen molar-refractivity contribution in [3.05, 3.63) is 41.2 Å². The molecule has 27 heavy (non-hydrogen) atoms. The van der Waals surface area contributed by atoms with Crippen molar-refractivity contribution in [2.45, 2.75) is 38.5 Å². The number of benzene rings is 1. The summed E-state index contributed by atoms with van der Waals surface area (Å²) in [7, 11) is -3.90. The van der Waals surface area contributed by atoms with E-state index in [1.54, 1.807) is 6.92 Å². The predicted molar refractivity (Wildman–Crippen MR) is 100 cm³/mol. The Labute approximate surface area is 157 Å². The fourth-order valence-corrected chi connectivity index (χ4v) is 4.05. The summed E-state index contributed by atoms with van der Waals surface area (Å²) >= 11 is 0. The number of aromatic nitrogens is 2. The molecule has 2 N–H and O–H groups in total. The minimum atomic E-state index is -3.90. The summed E-state index contributed by atoms with van der Waals surface area (Å²) in [6.45, 7) is 5.00. The van der Waals surface area contributed by atoms with Crippen molar-refractivity contribution in [2.75, 3.05) is 10.0 Å². The average molecular weight is 388 g/mol. The van der Waals surface area contributed by atoms with Crippen LogP contribution in [-0.4, -0.2) is 30.1 Å². The van der Waals surface area contributed by atoms with Crippen LogP contribution in [0, 0.1) is 12.8 Å². The minimum Gasteiger partial charge on any atom is -0.326 e. The van der Waals surface area contributed by atoms with Crippen molar-refractivity contribution in [3.8, 4) is 0 Å². The Hall–Kier alpha value is -2.81. The maximum atomic E-state index is 12.6. The number of aryl methyl sites for hydroxylation is 1. The quantitative estimate of drug-likeness (QED) is 0.830. The second-order valence-corrected chi connectivity index (χ2v) is 8.38. The molecule has 1 aromatic heterocycles. The molecule has 0 saturated carbocycles. The molecule has 1 amide bonds. The van der Waals surface area contributed by atoms with E-state index in [4.69, 9.17) is 0 Å². The van der Waals surface area contributed by atoms with Gasteiger partial charge in [-0.3, -0.25) is 9.59 Å². The monoisotopic (exact) mass is 388 g/mol. The number of nitrogens with one attached hydrogen (secondary N) is 2. The zero-order valence-corrected chi connectivity index (χ0v) is 16.1. The summed E-state index contributed by atoms with van der Waals surface area (Å²) in [5.41, 5.74) is 2.03. The number of carbonyl (C=O) groups is 2. The lowest BCUT2D eigenvalue weighted by atomic mass is 9.86. The van der Waals surface area contributed by atoms with Crippen LogP contribution in [0.2, 0.25) is 0 Å². The number of rotatable bonds is 4. The van der Waals surface area contributed by atoms with E-state index in [1.807, 2.05) is 6.92 Å². The third-order valence-corrected chi connectivity index (χ3v) is 5.57. The van der Waals surface area contributed by atoms with Crippen LogP contribution in [-0.2, 0) is 21.2 Å². The van der Waals surface area contributed by atoms with Gasteiger partial charge in [-0.1, -0.05) is 6.92 Å². The van der Waals surface area contributed by atoms with E-state index in [0.717, 1.165) is 0 Å². The Morgan fingerprint density at radius 1 is 1.15 bits per heavy atom. The lowest BCUT2D eigenvalue weighted by Crippen LogP contribution is -2.23. The number of amides is 1. The van der Waals surface area contributed by atoms with E-state index >= 15 is 0 Å². The van der Waals surface area contributed by atoms with Crippen LogP contribution in [0.15, 0.2) is 29.2 Å². The van der Waals surface area contributed by atoms with Gasteiger partial charge in [-0.25, -0.2) is 23.1 Å². The van der Waals surface area contributed by atoms with Gasteiger partial charge in [-0.05, 0) is 43.5 Å². The zero-order chi connectivity index (χ0) is 19.8. The lowest BCUT2D eigenvalue weighted by Gasteiger charge is -2.21. The second-order valence-electron chi connectivity index (χ2n) is 6.70. The van der Waals surface area contributed by atoms with Crippen LogP contribution in [0.25, 0.3) is 0 Å². The summed E-state index contributed by atoms with van der Waals surface area (Å²) in [6, 6.07) is 5.75. The van der Waals surface area contributed by atoms with E-state index < -0.39 is 10.0 Å². The number of anilines is 2. The van der Waals surface area contributed by atoms with Crippen molar-refractivity contribution in [2.24, 2.45) is 5.92 Å². The summed E-state index contributed by atoms with van der Waals surface area (Å²) in [6.07, 6.45) is 1.05. The molecular weight excluding hydrogens is 368 g/mol. The molecule has 8 nitrogen and oxygen atoms in total. The highest BCUT2D eigenvalue weighted by atomic mass is 32.2. The molecule has 0 saturated heterocycles. The number of sulfonamides is 1. The first-order chi connectivity index (χ1) is 12.7. The molecule has 0 spiro atoms. The molecule has 1 aromatic carbocycles. The van der Waals surface area contributed by atoms with E-state index in [-0.39, 0.29) is 28.5 Å². The smallest absolute Gasteiger partial charge is 0.264 e. The van der Waals surface area contributed by atoms with Gasteiger partial charge in [0.15, 0.2) is 5.78 Å². The largest absolute Gasteiger partial charge is 0.326 e. The zero-order valence-electron chi connectivity index (χ0n) is 15.2. The fraction of sp³-hybridized carbons (Fsp3) is 0.333. The number of nitrogens with zero attached hydrogens (tertiary/aromatic N) is 2. The first-order valence-electron chi connectivity index (χ1n) is 8.47. The SMILES string of the molecule is CC(=O)Nc1ccc(S(=O)(=O)Nc2nc(C)c3c(n2)C[C@H](C)CC3=O)cc1. The Balaban J connectivity index is 1.88. The van der Waals surface area contributed by atoms with Gasteiger partial charge < -0.3 is 5.32 Å². The van der Waals surface area contributed by atoms with Crippen molar-refractivity contribution in [1.82, 2.24) is 9.97 Å². The van der Waals surface area contributed by atoms with Gasteiger partial charge in [0.1, 0.15) is 0 Å². The fourth-order valence-electron chi connectivity index (χ4n) is 3.11. The number of hydrogen-bond acceptors (Lipinski definition) is 6. The van der Waals surface area contributed by atoms with Gasteiger partial charge >= 0.3 is 0 Å². The van der Waals surface area contributed by atoms with E-state index in [2.05, 4.69) is 20.0 Å². The first kappa shape index (κ1) is 19.0. The molecule has 1 heterocycles. The second kappa shape index (κ2) is 7.07. The molecule has 0 aliphatic heterocycles. The number of carbonyl (C=O) groups excluding carboxylic acids is 2. The van der Waals surface area contributed by atoms with Gasteiger partial charge in [-0.2, -0.15) is 0 Å². The van der Waals surface area contributed by atoms with Crippen LogP contribution < -0.4 is 10.0 Å². The highest BCUT2D eigenvalue weighted by molar-refractivity contribution is 7.92. The Morgan fingerprint density at radius 2 is 1.81 bits per heavy atom. The van der Waals surface area contributed by atoms with Crippen LogP contribution in [0.3, 0.4) is 0 Å². The summed E-state index contributed by atoms with van der Waals surface area (Å²) < 4.78 is 27.6. The molecule has 142 valence electrons. The highest BCUT2D eigenvalue weighted by Crippen LogP contribution is 2.27. The van der Waals surface area contributed by atoms with Gasteiger partial charge in [-0.15, -0.1) is 0 Å². The average Bonchev–Trinajstić information content (AvgIpc) is 2.53. The number of hydrogen-bond donors (Lipinski definition) is 2. The molecule has 3 rings (SSSR count). The Morgan fingerprint density at radius 3 is 2.44 bits per heavy atom. The normalized spacial score (nSPS) is 16.6. The lowest BCUT2D eigenvalue weighted by molar-refractivity contribution is -0.114. The van der Waals surface area contributed by atoms with Crippen molar-refractivity contribution >= 4 is 33.3 Å². The number of ketones is 1. The van der Waals surface area contributed by atoms with Crippen molar-refractivity contribution < 1.29 is 18.0 Å². The van der Waals surface area contributed by atoms with E-state index in [1.165, 1.54) is 31.2 Å². The maximum absolute atomic E-state index is 12.6. The highest BCUT2D eigenvalue weighted by Gasteiger charge is 2.27. The molecule has 1 atom stereocenters. The first-order valence-corrected chi connectivity index (χ1v) is 9.95. The summed E-state index contributed by atoms with van der Waals surface area (Å²) in [5.74, 6) is -0.154. The van der Waals surface area contributed by atoms with E-state index in [9.17, 15) is 18.0 Å². The molecule has 1 aliphatic rings. The maximum Gasteiger partial charge on any atom is 0.264 e. The topological polar surface area (TPSA) is 118 Å². The molecule has 0 fully saturated rings. The van der Waals surface area contributed by atoms with Gasteiger partial charge in [0.05, 0.1) is 21.8 Å².